The zero-order valence-corrected chi connectivity index (χ0v) is 51.1. The number of aromatic nitrogens is 8. The second kappa shape index (κ2) is 30.5. The number of nitrogens with zero attached hydrogens (tertiary/aromatic N) is 10. The van der Waals surface area contributed by atoms with Crippen molar-refractivity contribution >= 4 is 58.9 Å². The molecule has 26 nitrogen and oxygen atoms in total. The van der Waals surface area contributed by atoms with E-state index in [-0.39, 0.29) is 82.9 Å². The van der Waals surface area contributed by atoms with Gasteiger partial charge in [-0.1, -0.05) is 120 Å². The molecular weight excluding hydrogens is 1190 g/mol. The number of hydrogen-bond acceptors (Lipinski definition) is 20. The molecule has 6 aromatic heterocycles. The summed E-state index contributed by atoms with van der Waals surface area (Å²) in [5.41, 5.74) is 2.90. The van der Waals surface area contributed by atoms with Gasteiger partial charge in [-0.15, -0.1) is 21.5 Å². The lowest BCUT2D eigenvalue weighted by molar-refractivity contribution is 0.0935. The van der Waals surface area contributed by atoms with E-state index < -0.39 is 35.8 Å². The first kappa shape index (κ1) is 65.0. The Kier molecular flexibility index (Phi) is 23.1. The summed E-state index contributed by atoms with van der Waals surface area (Å²) in [6, 6.07) is 35.8. The molecule has 0 fully saturated rings. The van der Waals surface area contributed by atoms with Gasteiger partial charge in [0.2, 0.25) is 5.16 Å². The number of ether oxygens (including phenoxy) is 1. The maximum atomic E-state index is 12.7. The van der Waals surface area contributed by atoms with Crippen molar-refractivity contribution in [2.75, 3.05) is 59.7 Å². The molecule has 9 aromatic rings. The van der Waals surface area contributed by atoms with E-state index >= 15 is 0 Å². The summed E-state index contributed by atoms with van der Waals surface area (Å²) >= 11 is 1.29. The van der Waals surface area contributed by atoms with Crippen LogP contribution in [0.3, 0.4) is 0 Å². The lowest BCUT2D eigenvalue weighted by atomic mass is 10.1. The van der Waals surface area contributed by atoms with E-state index in [1.54, 1.807) is 37.6 Å². The van der Waals surface area contributed by atoms with Gasteiger partial charge in [-0.2, -0.15) is 8.61 Å². The fraction of sp³-hybridized carbons (Fsp3) is 0.304. The second-order valence-electron chi connectivity index (χ2n) is 19.3. The Morgan fingerprint density at radius 1 is 0.616 bits per heavy atom. The minimum atomic E-state index is -3.66. The lowest BCUT2D eigenvalue weighted by Gasteiger charge is -2.18. The normalized spacial score (nSPS) is 11.7. The Morgan fingerprint density at radius 2 is 1.07 bits per heavy atom. The summed E-state index contributed by atoms with van der Waals surface area (Å²) in [6.07, 6.45) is 5.53. The van der Waals surface area contributed by atoms with Crippen LogP contribution in [0, 0.1) is 0 Å². The topological polar surface area (TPSA) is 332 Å². The maximum absolute atomic E-state index is 12.7. The molecule has 86 heavy (non-hydrogen) atoms. The minimum absolute atomic E-state index is 0.0184. The molecule has 0 aliphatic heterocycles. The van der Waals surface area contributed by atoms with Gasteiger partial charge in [0.25, 0.3) is 37.8 Å². The standard InChI is InChI=1S/C20H24N4O5S.C18H21N5O4S.C18H20N4O4S2/c1-23(30(26,27)19-10-6-13-24(19)15-28-2)12-7-11-21-20(25)17-14-18(29-22-17)16-8-4-3-5-9-16;1-22-12-10-20-18(22)28(25,26)23(2)11-6-9-19-17(24)15-13-16(27-21-15)14-7-4-3-5-8-14;1-12(2)18-21-20-16(27-18)11-28(24,25)9-8-19-17(23)14-10-15(26-22-14)13-6-4-3-5-7-13/h3-6,8-10,13-14H,7,11-12,15H2,1-2H3,(H,21,25);3-5,7-8,10,12-13H,6,9,11H2,1-2H3,(H,19,24);3-7,10,12H,8-9,11H2,1-2H3,(H,19,23). The highest BCUT2D eigenvalue weighted by Crippen LogP contribution is 2.24. The Morgan fingerprint density at radius 3 is 1.49 bits per heavy atom. The molecule has 0 aliphatic carbocycles. The number of sulfone groups is 1. The molecule has 9 rings (SSSR count). The maximum Gasteiger partial charge on any atom is 0.276 e. The van der Waals surface area contributed by atoms with Crippen molar-refractivity contribution in [1.29, 1.82) is 0 Å². The molecule has 30 heteroatoms. The molecule has 3 amide bonds. The van der Waals surface area contributed by atoms with Crippen molar-refractivity contribution in [3.8, 4) is 34.0 Å². The summed E-state index contributed by atoms with van der Waals surface area (Å²) in [5.74, 6) is 0.0677. The van der Waals surface area contributed by atoms with Gasteiger partial charge in [0.05, 0.1) is 5.75 Å². The average Bonchev–Trinajstić information content (AvgIpc) is 3.49. The molecule has 456 valence electrons. The van der Waals surface area contributed by atoms with E-state index in [1.807, 2.05) is 105 Å². The highest BCUT2D eigenvalue weighted by Gasteiger charge is 2.26. The summed E-state index contributed by atoms with van der Waals surface area (Å²) in [5, 5.41) is 28.6. The molecule has 0 saturated carbocycles. The number of carbonyl (C=O) groups excluding carboxylic acids is 3. The van der Waals surface area contributed by atoms with E-state index in [0.29, 0.717) is 48.2 Å². The van der Waals surface area contributed by atoms with Gasteiger partial charge >= 0.3 is 0 Å². The zero-order chi connectivity index (χ0) is 61.9. The van der Waals surface area contributed by atoms with Crippen LogP contribution in [0.4, 0.5) is 0 Å². The fourth-order valence-corrected chi connectivity index (χ4v) is 12.8. The van der Waals surface area contributed by atoms with E-state index in [2.05, 4.69) is 46.6 Å². The Bertz CT molecular complexity index is 3980. The van der Waals surface area contributed by atoms with Crippen LogP contribution >= 0.6 is 11.3 Å². The average molecular weight is 1260 g/mol. The van der Waals surface area contributed by atoms with Crippen molar-refractivity contribution in [3.05, 3.63) is 167 Å². The van der Waals surface area contributed by atoms with Crippen molar-refractivity contribution < 1.29 is 57.9 Å². The zero-order valence-electron chi connectivity index (χ0n) is 47.8. The third kappa shape index (κ3) is 18.0. The minimum Gasteiger partial charge on any atom is -0.364 e. The van der Waals surface area contributed by atoms with E-state index in [9.17, 15) is 39.6 Å². The first-order valence-electron chi connectivity index (χ1n) is 26.6. The van der Waals surface area contributed by atoms with Crippen LogP contribution in [0.2, 0.25) is 0 Å². The van der Waals surface area contributed by atoms with Crippen LogP contribution in [0.25, 0.3) is 34.0 Å². The van der Waals surface area contributed by atoms with Crippen molar-refractivity contribution in [2.24, 2.45) is 7.05 Å². The van der Waals surface area contributed by atoms with Gasteiger partial charge < -0.3 is 43.4 Å². The monoisotopic (exact) mass is 1260 g/mol. The highest BCUT2D eigenvalue weighted by molar-refractivity contribution is 7.90. The Labute approximate surface area is 501 Å². The summed E-state index contributed by atoms with van der Waals surface area (Å²) in [7, 11) is -4.62. The first-order valence-corrected chi connectivity index (χ1v) is 32.2. The third-order valence-electron chi connectivity index (χ3n) is 12.4. The molecule has 0 saturated heterocycles. The summed E-state index contributed by atoms with van der Waals surface area (Å²) < 4.78 is 101. The predicted molar refractivity (Wildman–Crippen MR) is 318 cm³/mol. The number of sulfonamides is 2. The van der Waals surface area contributed by atoms with Gasteiger partial charge in [0.1, 0.15) is 22.5 Å². The van der Waals surface area contributed by atoms with E-state index in [4.69, 9.17) is 18.3 Å². The summed E-state index contributed by atoms with van der Waals surface area (Å²) in [6.45, 7) is 5.15. The Balaban J connectivity index is 0.000000185. The van der Waals surface area contributed by atoms with Crippen LogP contribution < -0.4 is 16.0 Å². The molecule has 0 aliphatic rings. The van der Waals surface area contributed by atoms with Gasteiger partial charge in [0.15, 0.2) is 49.2 Å². The van der Waals surface area contributed by atoms with Crippen LogP contribution in [-0.4, -0.2) is 151 Å². The number of hydrogen-bond donors (Lipinski definition) is 3. The quantitative estimate of drug-likeness (QED) is 0.0496. The molecule has 0 bridgehead atoms. The van der Waals surface area contributed by atoms with Crippen molar-refractivity contribution in [2.45, 2.75) is 55.3 Å². The molecule has 0 spiro atoms. The van der Waals surface area contributed by atoms with Crippen LogP contribution in [0.5, 0.6) is 0 Å². The number of rotatable bonds is 26. The number of carbonyl (C=O) groups is 3. The van der Waals surface area contributed by atoms with E-state index in [1.165, 1.54) is 68.6 Å². The second-order valence-corrected chi connectivity index (χ2v) is 26.5. The first-order chi connectivity index (χ1) is 41.2. The number of nitrogens with one attached hydrogen (secondary N) is 3. The van der Waals surface area contributed by atoms with Crippen molar-refractivity contribution in [1.82, 2.24) is 64.3 Å². The van der Waals surface area contributed by atoms with Crippen molar-refractivity contribution in [3.63, 3.8) is 0 Å². The number of aryl methyl sites for hydroxylation is 1. The smallest absolute Gasteiger partial charge is 0.276 e. The van der Waals surface area contributed by atoms with Gasteiger partial charge in [-0.25, -0.2) is 30.2 Å². The fourth-order valence-electron chi connectivity index (χ4n) is 7.80. The molecule has 0 atom stereocenters. The van der Waals surface area contributed by atoms with Gasteiger partial charge in [-0.3, -0.25) is 14.4 Å². The van der Waals surface area contributed by atoms with Crippen LogP contribution in [-0.2, 0) is 54.2 Å². The number of amides is 3. The summed E-state index contributed by atoms with van der Waals surface area (Å²) in [4.78, 5) is 40.5. The molecule has 0 unspecified atom stereocenters. The molecular formula is C56H65N13O13S4. The largest absolute Gasteiger partial charge is 0.364 e. The van der Waals surface area contributed by atoms with Gasteiger partial charge in [0, 0.05) is 120 Å². The van der Waals surface area contributed by atoms with Crippen LogP contribution in [0.1, 0.15) is 74.1 Å². The number of imidazole rings is 1. The SMILES string of the molecule is CC(C)c1nnc(CS(=O)(=O)CCNC(=O)c2cc(-c3ccccc3)on2)s1.CN(CCCNC(=O)c1cc(-c2ccccc2)on1)S(=O)(=O)c1nccn1C.COCn1cccc1S(=O)(=O)N(C)CCCNC(=O)c1cc(-c2ccccc2)on1. The number of benzene rings is 3. The van der Waals surface area contributed by atoms with Crippen LogP contribution in [0.15, 0.2) is 164 Å². The Hall–Kier alpha value is -8.52. The lowest BCUT2D eigenvalue weighted by Crippen LogP contribution is -2.32. The third-order valence-corrected chi connectivity index (χ3v) is 19.1. The molecule has 3 N–H and O–H groups in total. The molecule has 6 heterocycles. The number of methoxy groups -OCH3 is 1. The predicted octanol–water partition coefficient (Wildman–Crippen LogP) is 6.36. The highest BCUT2D eigenvalue weighted by atomic mass is 32.2. The molecule has 0 radical (unpaired) electrons. The van der Waals surface area contributed by atoms with E-state index in [0.717, 1.165) is 21.7 Å². The van der Waals surface area contributed by atoms with Gasteiger partial charge in [-0.05, 0) is 25.0 Å². The molecule has 3 aromatic carbocycles.